The van der Waals surface area contributed by atoms with E-state index in [-0.39, 0.29) is 18.4 Å². The summed E-state index contributed by atoms with van der Waals surface area (Å²) in [5, 5.41) is 9.24. The number of carbonyl (C=O) groups excluding carboxylic acids is 2. The summed E-state index contributed by atoms with van der Waals surface area (Å²) in [6.07, 6.45) is 2.79. The molecule has 0 aliphatic heterocycles. The Balaban J connectivity index is 2.84. The third kappa shape index (κ3) is 4.51. The number of nitrogens with zero attached hydrogens (tertiary/aromatic N) is 1. The van der Waals surface area contributed by atoms with Crippen molar-refractivity contribution in [3.05, 3.63) is 0 Å². The topological polar surface area (TPSA) is 101 Å². The van der Waals surface area contributed by atoms with Gasteiger partial charge in [0.2, 0.25) is 11.8 Å². The fraction of sp³-hybridized carbons (Fsp3) is 0.786. The molecule has 0 bridgehead atoms. The van der Waals surface area contributed by atoms with Crippen LogP contribution < -0.4 is 5.73 Å². The molecule has 0 aromatic carbocycles. The van der Waals surface area contributed by atoms with Crippen molar-refractivity contribution in [1.82, 2.24) is 4.90 Å². The maximum absolute atomic E-state index is 12.5. The lowest BCUT2D eigenvalue weighted by atomic mass is 9.78. The zero-order valence-electron chi connectivity index (χ0n) is 12.2. The van der Waals surface area contributed by atoms with E-state index in [4.69, 9.17) is 5.73 Å². The molecule has 20 heavy (non-hydrogen) atoms. The molecule has 2 unspecified atom stereocenters. The fourth-order valence-electron chi connectivity index (χ4n) is 2.82. The molecule has 1 aliphatic rings. The quantitative estimate of drug-likeness (QED) is 0.755. The van der Waals surface area contributed by atoms with E-state index in [1.807, 2.05) is 13.8 Å². The third-order valence-corrected chi connectivity index (χ3v) is 3.64. The summed E-state index contributed by atoms with van der Waals surface area (Å²) in [5.74, 6) is -2.71. The Morgan fingerprint density at radius 3 is 2.20 bits per heavy atom. The number of primary amides is 1. The molecule has 1 aliphatic carbocycles. The first kappa shape index (κ1) is 16.5. The largest absolute Gasteiger partial charge is 0.481 e. The smallest absolute Gasteiger partial charge is 0.307 e. The average Bonchev–Trinajstić information content (AvgIpc) is 2.36. The maximum atomic E-state index is 12.5. The molecule has 114 valence electrons. The summed E-state index contributed by atoms with van der Waals surface area (Å²) in [7, 11) is 0. The molecule has 0 heterocycles. The van der Waals surface area contributed by atoms with Crippen molar-refractivity contribution >= 4 is 17.8 Å². The molecule has 1 fully saturated rings. The SMILES string of the molecule is CC(C)CN(CC(N)=O)C(=O)C1CCCCC1C(=O)O. The van der Waals surface area contributed by atoms with Crippen molar-refractivity contribution < 1.29 is 19.5 Å². The Kier molecular flexibility index (Phi) is 5.98. The summed E-state index contributed by atoms with van der Waals surface area (Å²) in [6, 6.07) is 0. The Morgan fingerprint density at radius 2 is 1.75 bits per heavy atom. The lowest BCUT2D eigenvalue weighted by Gasteiger charge is -2.33. The monoisotopic (exact) mass is 284 g/mol. The van der Waals surface area contributed by atoms with E-state index in [1.54, 1.807) is 0 Å². The highest BCUT2D eigenvalue weighted by Crippen LogP contribution is 2.31. The molecule has 6 heteroatoms. The minimum atomic E-state index is -0.924. The van der Waals surface area contributed by atoms with Crippen molar-refractivity contribution in [2.75, 3.05) is 13.1 Å². The Labute approximate surface area is 119 Å². The van der Waals surface area contributed by atoms with Crippen LogP contribution in [-0.4, -0.2) is 40.9 Å². The fourth-order valence-corrected chi connectivity index (χ4v) is 2.82. The van der Waals surface area contributed by atoms with Crippen LogP contribution in [0.2, 0.25) is 0 Å². The number of rotatable bonds is 6. The number of amides is 2. The van der Waals surface area contributed by atoms with Crippen molar-refractivity contribution in [2.24, 2.45) is 23.5 Å². The molecular weight excluding hydrogens is 260 g/mol. The summed E-state index contributed by atoms with van der Waals surface area (Å²) < 4.78 is 0. The highest BCUT2D eigenvalue weighted by Gasteiger charge is 2.38. The van der Waals surface area contributed by atoms with Crippen molar-refractivity contribution in [1.29, 1.82) is 0 Å². The molecule has 0 radical (unpaired) electrons. The number of aliphatic carboxylic acids is 1. The zero-order valence-corrected chi connectivity index (χ0v) is 12.2. The summed E-state index contributed by atoms with van der Waals surface area (Å²) >= 11 is 0. The molecule has 2 atom stereocenters. The predicted molar refractivity (Wildman–Crippen MR) is 73.7 cm³/mol. The highest BCUT2D eigenvalue weighted by molar-refractivity contribution is 5.88. The van der Waals surface area contributed by atoms with E-state index in [0.29, 0.717) is 19.4 Å². The number of nitrogens with two attached hydrogens (primary N) is 1. The molecule has 2 amide bonds. The molecule has 6 nitrogen and oxygen atoms in total. The average molecular weight is 284 g/mol. The Hall–Kier alpha value is -1.59. The molecular formula is C14H24N2O4. The van der Waals surface area contributed by atoms with Crippen LogP contribution in [0.1, 0.15) is 39.5 Å². The van der Waals surface area contributed by atoms with E-state index >= 15 is 0 Å². The van der Waals surface area contributed by atoms with Crippen LogP contribution in [0.4, 0.5) is 0 Å². The van der Waals surface area contributed by atoms with E-state index < -0.39 is 23.7 Å². The first-order valence-electron chi connectivity index (χ1n) is 7.12. The number of carbonyl (C=O) groups is 3. The van der Waals surface area contributed by atoms with Crippen molar-refractivity contribution in [3.63, 3.8) is 0 Å². The van der Waals surface area contributed by atoms with Gasteiger partial charge in [0.25, 0.3) is 0 Å². The number of carboxylic acid groups (broad SMARTS) is 1. The number of hydrogen-bond donors (Lipinski definition) is 2. The van der Waals surface area contributed by atoms with Gasteiger partial charge in [-0.1, -0.05) is 26.7 Å². The molecule has 0 aromatic rings. The van der Waals surface area contributed by atoms with E-state index in [9.17, 15) is 19.5 Å². The van der Waals surface area contributed by atoms with Gasteiger partial charge in [-0.05, 0) is 18.8 Å². The lowest BCUT2D eigenvalue weighted by molar-refractivity contribution is -0.153. The van der Waals surface area contributed by atoms with Gasteiger partial charge < -0.3 is 15.7 Å². The summed E-state index contributed by atoms with van der Waals surface area (Å²) in [6.45, 7) is 4.16. The van der Waals surface area contributed by atoms with Gasteiger partial charge in [-0.15, -0.1) is 0 Å². The maximum Gasteiger partial charge on any atom is 0.307 e. The second kappa shape index (κ2) is 7.26. The minimum Gasteiger partial charge on any atom is -0.481 e. The van der Waals surface area contributed by atoms with Crippen LogP contribution >= 0.6 is 0 Å². The number of hydrogen-bond acceptors (Lipinski definition) is 3. The van der Waals surface area contributed by atoms with Gasteiger partial charge in [0.05, 0.1) is 18.4 Å². The van der Waals surface area contributed by atoms with Gasteiger partial charge >= 0.3 is 5.97 Å². The van der Waals surface area contributed by atoms with Crippen LogP contribution in [0.5, 0.6) is 0 Å². The van der Waals surface area contributed by atoms with Crippen molar-refractivity contribution in [3.8, 4) is 0 Å². The first-order chi connectivity index (χ1) is 9.32. The summed E-state index contributed by atoms with van der Waals surface area (Å²) in [5.41, 5.74) is 5.18. The van der Waals surface area contributed by atoms with E-state index in [2.05, 4.69) is 0 Å². The molecule has 3 N–H and O–H groups in total. The van der Waals surface area contributed by atoms with Gasteiger partial charge in [0.15, 0.2) is 0 Å². The van der Waals surface area contributed by atoms with Gasteiger partial charge in [0, 0.05) is 6.54 Å². The van der Waals surface area contributed by atoms with Crippen LogP contribution in [0.3, 0.4) is 0 Å². The normalized spacial score (nSPS) is 22.6. The van der Waals surface area contributed by atoms with Crippen LogP contribution in [0, 0.1) is 17.8 Å². The van der Waals surface area contributed by atoms with E-state index in [0.717, 1.165) is 12.8 Å². The number of carboxylic acids is 1. The molecule has 1 rings (SSSR count). The zero-order chi connectivity index (χ0) is 15.3. The van der Waals surface area contributed by atoms with Gasteiger partial charge in [-0.2, -0.15) is 0 Å². The molecule has 0 saturated heterocycles. The van der Waals surface area contributed by atoms with E-state index in [1.165, 1.54) is 4.90 Å². The third-order valence-electron chi connectivity index (χ3n) is 3.64. The second-order valence-electron chi connectivity index (χ2n) is 5.91. The standard InChI is InChI=1S/C14H24N2O4/c1-9(2)7-16(8-12(15)17)13(18)10-5-3-4-6-11(10)14(19)20/h9-11H,3-8H2,1-2H3,(H2,15,17)(H,19,20). The Morgan fingerprint density at radius 1 is 1.20 bits per heavy atom. The van der Waals surface area contributed by atoms with Gasteiger partial charge in [-0.25, -0.2) is 0 Å². The lowest BCUT2D eigenvalue weighted by Crippen LogP contribution is -2.47. The molecule has 0 aromatic heterocycles. The predicted octanol–water partition coefficient (Wildman–Crippen LogP) is 0.847. The second-order valence-corrected chi connectivity index (χ2v) is 5.91. The summed E-state index contributed by atoms with van der Waals surface area (Å²) in [4.78, 5) is 36.3. The van der Waals surface area contributed by atoms with Gasteiger partial charge in [0.1, 0.15) is 0 Å². The van der Waals surface area contributed by atoms with Crippen molar-refractivity contribution in [2.45, 2.75) is 39.5 Å². The minimum absolute atomic E-state index is 0.139. The van der Waals surface area contributed by atoms with Gasteiger partial charge in [-0.3, -0.25) is 14.4 Å². The van der Waals surface area contributed by atoms with Crippen LogP contribution in [0.25, 0.3) is 0 Å². The molecule has 0 spiro atoms. The molecule has 1 saturated carbocycles. The Bertz CT molecular complexity index is 381. The van der Waals surface area contributed by atoms with Crippen LogP contribution in [-0.2, 0) is 14.4 Å². The first-order valence-corrected chi connectivity index (χ1v) is 7.12. The van der Waals surface area contributed by atoms with Crippen LogP contribution in [0.15, 0.2) is 0 Å². The highest BCUT2D eigenvalue weighted by atomic mass is 16.4.